The van der Waals surface area contributed by atoms with Crippen LogP contribution in [0.3, 0.4) is 0 Å². The van der Waals surface area contributed by atoms with E-state index >= 15 is 0 Å². The van der Waals surface area contributed by atoms with E-state index in [0.29, 0.717) is 6.04 Å². The Kier molecular flexibility index (Phi) is 5.05. The van der Waals surface area contributed by atoms with Gasteiger partial charge in [0.1, 0.15) is 0 Å². The molecule has 7 nitrogen and oxygen atoms in total. The van der Waals surface area contributed by atoms with E-state index in [-0.39, 0.29) is 12.1 Å². The van der Waals surface area contributed by atoms with Gasteiger partial charge in [-0.3, -0.25) is 9.58 Å². The van der Waals surface area contributed by atoms with Gasteiger partial charge in [-0.25, -0.2) is 13.1 Å². The highest BCUT2D eigenvalue weighted by Crippen LogP contribution is 2.28. The maximum absolute atomic E-state index is 11.7. The van der Waals surface area contributed by atoms with Crippen molar-refractivity contribution in [3.63, 3.8) is 0 Å². The maximum Gasteiger partial charge on any atom is 0.209 e. The van der Waals surface area contributed by atoms with Gasteiger partial charge in [0.05, 0.1) is 12.5 Å². The molecule has 2 saturated heterocycles. The average Bonchev–Trinajstić information content (AvgIpc) is 3.06. The summed E-state index contributed by atoms with van der Waals surface area (Å²) in [5.41, 5.74) is 1.15. The van der Waals surface area contributed by atoms with Gasteiger partial charge in [0.2, 0.25) is 10.0 Å². The Balaban J connectivity index is 1.77. The molecule has 2 aliphatic heterocycles. The summed E-state index contributed by atoms with van der Waals surface area (Å²) in [6.07, 6.45) is 8.85. The van der Waals surface area contributed by atoms with Crippen molar-refractivity contribution in [2.45, 2.75) is 43.8 Å². The minimum Gasteiger partial charge on any atom is -0.381 e. The van der Waals surface area contributed by atoms with Gasteiger partial charge < -0.3 is 4.74 Å². The predicted octanol–water partition coefficient (Wildman–Crippen LogP) is 0.134. The molecule has 0 saturated carbocycles. The summed E-state index contributed by atoms with van der Waals surface area (Å²) < 4.78 is 33.5. The van der Waals surface area contributed by atoms with Gasteiger partial charge in [-0.2, -0.15) is 5.10 Å². The molecule has 1 N–H and O–H groups in total. The molecular formula is C15H26N4O3S. The highest BCUT2D eigenvalue weighted by atomic mass is 32.2. The molecular weight excluding hydrogens is 316 g/mol. The molecule has 0 amide bonds. The van der Waals surface area contributed by atoms with Crippen LogP contribution in [0.15, 0.2) is 12.4 Å². The largest absolute Gasteiger partial charge is 0.381 e. The average molecular weight is 342 g/mol. The van der Waals surface area contributed by atoms with Crippen LogP contribution in [0.1, 0.15) is 24.8 Å². The molecule has 0 spiro atoms. The number of nitrogens with one attached hydrogen (secondary N) is 1. The summed E-state index contributed by atoms with van der Waals surface area (Å²) in [7, 11) is -1.30. The second-order valence-electron chi connectivity index (χ2n) is 6.66. The van der Waals surface area contributed by atoms with Gasteiger partial charge in [-0.15, -0.1) is 0 Å². The van der Waals surface area contributed by atoms with Gasteiger partial charge in [0.15, 0.2) is 0 Å². The second kappa shape index (κ2) is 6.88. The number of ether oxygens (including phenoxy) is 1. The third-order valence-electron chi connectivity index (χ3n) is 4.82. The topological polar surface area (TPSA) is 76.5 Å². The molecule has 3 rings (SSSR count). The van der Waals surface area contributed by atoms with Crippen molar-refractivity contribution in [1.29, 1.82) is 0 Å². The molecule has 0 aromatic carbocycles. The van der Waals surface area contributed by atoms with Crippen molar-refractivity contribution in [2.75, 3.05) is 26.0 Å². The molecule has 23 heavy (non-hydrogen) atoms. The number of likely N-dealkylation sites (tertiary alicyclic amines) is 1. The number of rotatable bonds is 5. The first kappa shape index (κ1) is 16.9. The minimum atomic E-state index is -3.20. The first-order valence-electron chi connectivity index (χ1n) is 8.21. The van der Waals surface area contributed by atoms with Crippen LogP contribution in [0.2, 0.25) is 0 Å². The molecule has 2 aliphatic rings. The third kappa shape index (κ3) is 4.32. The van der Waals surface area contributed by atoms with Crippen molar-refractivity contribution in [2.24, 2.45) is 7.05 Å². The molecule has 1 aromatic rings. The fourth-order valence-electron chi connectivity index (χ4n) is 3.84. The number of hydrogen-bond acceptors (Lipinski definition) is 5. The molecule has 2 atom stereocenters. The van der Waals surface area contributed by atoms with Gasteiger partial charge in [0.25, 0.3) is 0 Å². The SMILES string of the molecule is Cn1cc(C[C@@H]2[C@@H](NS(C)(=O)=O)CCN2C2CCOCC2)cn1. The molecule has 3 heterocycles. The molecule has 2 fully saturated rings. The Morgan fingerprint density at radius 2 is 2.09 bits per heavy atom. The van der Waals surface area contributed by atoms with Crippen LogP contribution in [0, 0.1) is 0 Å². The minimum absolute atomic E-state index is 0.0342. The van der Waals surface area contributed by atoms with Gasteiger partial charge in [-0.1, -0.05) is 0 Å². The summed E-state index contributed by atoms with van der Waals surface area (Å²) >= 11 is 0. The van der Waals surface area contributed by atoms with Crippen LogP contribution in [0.4, 0.5) is 0 Å². The lowest BCUT2D eigenvalue weighted by Crippen LogP contribution is -2.50. The van der Waals surface area contributed by atoms with E-state index in [2.05, 4.69) is 14.7 Å². The first-order valence-corrected chi connectivity index (χ1v) is 10.1. The van der Waals surface area contributed by atoms with Gasteiger partial charge in [0, 0.05) is 51.1 Å². The van der Waals surface area contributed by atoms with E-state index in [9.17, 15) is 8.42 Å². The normalized spacial score (nSPS) is 27.6. The van der Waals surface area contributed by atoms with Crippen LogP contribution >= 0.6 is 0 Å². The molecule has 0 bridgehead atoms. The Morgan fingerprint density at radius 3 is 2.70 bits per heavy atom. The number of hydrogen-bond donors (Lipinski definition) is 1. The van der Waals surface area contributed by atoms with Crippen LogP contribution in [-0.4, -0.2) is 67.2 Å². The molecule has 1 aromatic heterocycles. The molecule has 130 valence electrons. The fourth-order valence-corrected chi connectivity index (χ4v) is 4.66. The van der Waals surface area contributed by atoms with Crippen molar-refractivity contribution >= 4 is 10.0 Å². The summed E-state index contributed by atoms with van der Waals surface area (Å²) in [5.74, 6) is 0. The van der Waals surface area contributed by atoms with E-state index in [4.69, 9.17) is 4.74 Å². The Hall–Kier alpha value is -0.960. The van der Waals surface area contributed by atoms with Crippen molar-refractivity contribution < 1.29 is 13.2 Å². The number of aryl methyl sites for hydroxylation is 1. The Morgan fingerprint density at radius 1 is 1.35 bits per heavy atom. The highest BCUT2D eigenvalue weighted by Gasteiger charge is 2.39. The van der Waals surface area contributed by atoms with E-state index in [1.54, 1.807) is 4.68 Å². The van der Waals surface area contributed by atoms with Crippen molar-refractivity contribution in [3.8, 4) is 0 Å². The summed E-state index contributed by atoms with van der Waals surface area (Å²) in [6, 6.07) is 0.627. The zero-order valence-corrected chi connectivity index (χ0v) is 14.6. The molecule has 0 aliphatic carbocycles. The van der Waals surface area contributed by atoms with E-state index in [1.807, 2.05) is 19.4 Å². The smallest absolute Gasteiger partial charge is 0.209 e. The Labute approximate surface area is 138 Å². The van der Waals surface area contributed by atoms with E-state index in [1.165, 1.54) is 6.26 Å². The van der Waals surface area contributed by atoms with Gasteiger partial charge >= 0.3 is 0 Å². The third-order valence-corrected chi connectivity index (χ3v) is 5.55. The zero-order chi connectivity index (χ0) is 16.4. The summed E-state index contributed by atoms with van der Waals surface area (Å²) in [4.78, 5) is 2.48. The monoisotopic (exact) mass is 342 g/mol. The van der Waals surface area contributed by atoms with E-state index < -0.39 is 10.0 Å². The lowest BCUT2D eigenvalue weighted by molar-refractivity contribution is 0.0279. The molecule has 0 radical (unpaired) electrons. The highest BCUT2D eigenvalue weighted by molar-refractivity contribution is 7.88. The molecule has 0 unspecified atom stereocenters. The zero-order valence-electron chi connectivity index (χ0n) is 13.8. The standard InChI is InChI=1S/C15H26N4O3S/c1-18-11-12(10-16-18)9-15-14(17-23(2,20)21)3-6-19(15)13-4-7-22-8-5-13/h10-11,13-15,17H,3-9H2,1-2H3/t14-,15+/m0/s1. The van der Waals surface area contributed by atoms with Gasteiger partial charge in [-0.05, 0) is 31.2 Å². The summed E-state index contributed by atoms with van der Waals surface area (Å²) in [5, 5.41) is 4.24. The number of sulfonamides is 1. The van der Waals surface area contributed by atoms with Crippen molar-refractivity contribution in [1.82, 2.24) is 19.4 Å². The quantitative estimate of drug-likeness (QED) is 0.823. The lowest BCUT2D eigenvalue weighted by Gasteiger charge is -2.36. The maximum atomic E-state index is 11.7. The lowest BCUT2D eigenvalue weighted by atomic mass is 10.00. The van der Waals surface area contributed by atoms with Crippen LogP contribution < -0.4 is 4.72 Å². The van der Waals surface area contributed by atoms with Crippen LogP contribution in [0.5, 0.6) is 0 Å². The fraction of sp³-hybridized carbons (Fsp3) is 0.800. The Bertz CT molecular complexity index is 624. The van der Waals surface area contributed by atoms with Crippen LogP contribution in [0.25, 0.3) is 0 Å². The summed E-state index contributed by atoms with van der Waals surface area (Å²) in [6.45, 7) is 2.53. The van der Waals surface area contributed by atoms with Crippen molar-refractivity contribution in [3.05, 3.63) is 18.0 Å². The first-order chi connectivity index (χ1) is 10.9. The number of aromatic nitrogens is 2. The predicted molar refractivity (Wildman–Crippen MR) is 87.6 cm³/mol. The van der Waals surface area contributed by atoms with Crippen LogP contribution in [-0.2, 0) is 28.2 Å². The van der Waals surface area contributed by atoms with E-state index in [0.717, 1.165) is 51.0 Å². The second-order valence-corrected chi connectivity index (χ2v) is 8.44. The molecule has 8 heteroatoms. The number of nitrogens with zero attached hydrogens (tertiary/aromatic N) is 3.